The molecule has 0 radical (unpaired) electrons. The molecule has 0 atom stereocenters. The van der Waals surface area contributed by atoms with Crippen LogP contribution >= 0.6 is 27.3 Å². The summed E-state index contributed by atoms with van der Waals surface area (Å²) in [4.78, 5) is 12.1. The molecule has 0 saturated heterocycles. The number of halogens is 2. The van der Waals surface area contributed by atoms with Crippen molar-refractivity contribution in [2.45, 2.75) is 6.42 Å². The van der Waals surface area contributed by atoms with Crippen LogP contribution in [0.3, 0.4) is 0 Å². The fourth-order valence-electron chi connectivity index (χ4n) is 2.30. The average molecular weight is 378 g/mol. The van der Waals surface area contributed by atoms with Crippen molar-refractivity contribution in [3.8, 4) is 0 Å². The van der Waals surface area contributed by atoms with Gasteiger partial charge in [0.15, 0.2) is 0 Å². The zero-order chi connectivity index (χ0) is 15.5. The molecular weight excluding hydrogens is 365 g/mol. The van der Waals surface area contributed by atoms with Crippen LogP contribution in [0.2, 0.25) is 0 Å². The number of thiophene rings is 1. The van der Waals surface area contributed by atoms with Crippen LogP contribution < -0.4 is 5.32 Å². The topological polar surface area (TPSA) is 29.1 Å². The third kappa shape index (κ3) is 3.20. The molecule has 112 valence electrons. The summed E-state index contributed by atoms with van der Waals surface area (Å²) in [5.74, 6) is -0.692. The molecular formula is C17H13BrFNOS. The number of carbonyl (C=O) groups excluding carboxylic acids is 1. The fraction of sp³-hybridized carbons (Fsp3) is 0.118. The number of fused-ring (bicyclic) bond motifs is 1. The van der Waals surface area contributed by atoms with E-state index in [1.54, 1.807) is 11.3 Å². The van der Waals surface area contributed by atoms with Crippen molar-refractivity contribution >= 4 is 43.3 Å². The summed E-state index contributed by atoms with van der Waals surface area (Å²) >= 11 is 4.97. The maximum absolute atomic E-state index is 13.2. The van der Waals surface area contributed by atoms with Gasteiger partial charge in [-0.15, -0.1) is 11.3 Å². The van der Waals surface area contributed by atoms with E-state index in [2.05, 4.69) is 38.8 Å². The first-order chi connectivity index (χ1) is 10.6. The maximum Gasteiger partial charge on any atom is 0.252 e. The third-order valence-corrected chi connectivity index (χ3v) is 5.12. The largest absolute Gasteiger partial charge is 0.352 e. The number of hydrogen-bond donors (Lipinski definition) is 1. The van der Waals surface area contributed by atoms with Gasteiger partial charge in [0.1, 0.15) is 5.82 Å². The normalized spacial score (nSPS) is 10.8. The monoisotopic (exact) mass is 377 g/mol. The van der Waals surface area contributed by atoms with Gasteiger partial charge < -0.3 is 5.32 Å². The predicted molar refractivity (Wildman–Crippen MR) is 92.0 cm³/mol. The summed E-state index contributed by atoms with van der Waals surface area (Å²) in [7, 11) is 0. The smallest absolute Gasteiger partial charge is 0.252 e. The molecule has 0 fully saturated rings. The summed E-state index contributed by atoms with van der Waals surface area (Å²) in [5.41, 5.74) is 1.54. The standard InChI is InChI=1S/C17H13BrFNOS/c18-15-6-5-12(19)9-14(15)17(21)20-8-7-11-10-22-16-4-2-1-3-13(11)16/h1-6,9-10H,7-8H2,(H,20,21). The Kier molecular flexibility index (Phi) is 4.55. The lowest BCUT2D eigenvalue weighted by Crippen LogP contribution is -2.26. The number of rotatable bonds is 4. The van der Waals surface area contributed by atoms with E-state index in [9.17, 15) is 9.18 Å². The molecule has 0 bridgehead atoms. The zero-order valence-corrected chi connectivity index (χ0v) is 14.0. The van der Waals surface area contributed by atoms with Crippen LogP contribution in [-0.4, -0.2) is 12.5 Å². The van der Waals surface area contributed by atoms with E-state index < -0.39 is 5.82 Å². The Morgan fingerprint density at radius 3 is 2.91 bits per heavy atom. The lowest BCUT2D eigenvalue weighted by atomic mass is 10.1. The van der Waals surface area contributed by atoms with Gasteiger partial charge in [0.05, 0.1) is 5.56 Å². The molecule has 3 rings (SSSR count). The minimum atomic E-state index is -0.419. The predicted octanol–water partition coefficient (Wildman–Crippen LogP) is 4.78. The van der Waals surface area contributed by atoms with E-state index in [1.165, 1.54) is 33.8 Å². The second-order valence-corrected chi connectivity index (χ2v) is 6.65. The Balaban J connectivity index is 1.65. The maximum atomic E-state index is 13.2. The highest BCUT2D eigenvalue weighted by atomic mass is 79.9. The Morgan fingerprint density at radius 1 is 1.23 bits per heavy atom. The van der Waals surface area contributed by atoms with Crippen LogP contribution in [0.1, 0.15) is 15.9 Å². The zero-order valence-electron chi connectivity index (χ0n) is 11.6. The second kappa shape index (κ2) is 6.58. The molecule has 0 unspecified atom stereocenters. The van der Waals surface area contributed by atoms with Gasteiger partial charge in [-0.1, -0.05) is 18.2 Å². The van der Waals surface area contributed by atoms with Gasteiger partial charge in [0.2, 0.25) is 0 Å². The summed E-state index contributed by atoms with van der Waals surface area (Å²) in [6.07, 6.45) is 0.753. The first-order valence-corrected chi connectivity index (χ1v) is 8.51. The molecule has 3 aromatic rings. The number of amides is 1. The highest BCUT2D eigenvalue weighted by Gasteiger charge is 2.11. The first kappa shape index (κ1) is 15.2. The lowest BCUT2D eigenvalue weighted by molar-refractivity contribution is 0.0953. The van der Waals surface area contributed by atoms with Crippen molar-refractivity contribution in [2.24, 2.45) is 0 Å². The van der Waals surface area contributed by atoms with Gasteiger partial charge in [0, 0.05) is 15.7 Å². The highest BCUT2D eigenvalue weighted by molar-refractivity contribution is 9.10. The molecule has 1 aromatic heterocycles. The molecule has 0 saturated carbocycles. The van der Waals surface area contributed by atoms with Crippen LogP contribution in [0.25, 0.3) is 10.1 Å². The molecule has 22 heavy (non-hydrogen) atoms. The van der Waals surface area contributed by atoms with Gasteiger partial charge in [0.25, 0.3) is 5.91 Å². The molecule has 2 nitrogen and oxygen atoms in total. The van der Waals surface area contributed by atoms with Crippen molar-refractivity contribution in [1.29, 1.82) is 0 Å². The van der Waals surface area contributed by atoms with E-state index in [1.807, 2.05) is 12.1 Å². The first-order valence-electron chi connectivity index (χ1n) is 6.83. The Bertz CT molecular complexity index is 830. The van der Waals surface area contributed by atoms with Gasteiger partial charge in [-0.25, -0.2) is 4.39 Å². The van der Waals surface area contributed by atoms with Crippen molar-refractivity contribution in [3.05, 3.63) is 69.3 Å². The molecule has 2 aromatic carbocycles. The van der Waals surface area contributed by atoms with Crippen LogP contribution in [0.4, 0.5) is 4.39 Å². The number of benzene rings is 2. The Labute approximate surface area is 140 Å². The average Bonchev–Trinajstić information content (AvgIpc) is 2.93. The summed E-state index contributed by atoms with van der Waals surface area (Å²) in [5, 5.41) is 6.19. The minimum absolute atomic E-state index is 0.272. The molecule has 1 heterocycles. The van der Waals surface area contributed by atoms with E-state index in [-0.39, 0.29) is 5.91 Å². The quantitative estimate of drug-likeness (QED) is 0.696. The molecule has 1 amide bonds. The summed E-state index contributed by atoms with van der Waals surface area (Å²) in [6, 6.07) is 12.3. The van der Waals surface area contributed by atoms with Crippen molar-refractivity contribution < 1.29 is 9.18 Å². The van der Waals surface area contributed by atoms with E-state index >= 15 is 0 Å². The van der Waals surface area contributed by atoms with Crippen molar-refractivity contribution in [1.82, 2.24) is 5.32 Å². The molecule has 0 spiro atoms. The number of nitrogens with one attached hydrogen (secondary N) is 1. The summed E-state index contributed by atoms with van der Waals surface area (Å²) < 4.78 is 15.1. The van der Waals surface area contributed by atoms with Gasteiger partial charge in [-0.2, -0.15) is 0 Å². The summed E-state index contributed by atoms with van der Waals surface area (Å²) in [6.45, 7) is 0.516. The molecule has 5 heteroatoms. The fourth-order valence-corrected chi connectivity index (χ4v) is 3.73. The van der Waals surface area contributed by atoms with Gasteiger partial charge >= 0.3 is 0 Å². The number of hydrogen-bond acceptors (Lipinski definition) is 2. The number of carbonyl (C=O) groups is 1. The van der Waals surface area contributed by atoms with E-state index in [0.29, 0.717) is 16.6 Å². The molecule has 0 aliphatic carbocycles. The molecule has 0 aliphatic heterocycles. The second-order valence-electron chi connectivity index (χ2n) is 4.89. The van der Waals surface area contributed by atoms with Crippen molar-refractivity contribution in [2.75, 3.05) is 6.54 Å². The van der Waals surface area contributed by atoms with Crippen molar-refractivity contribution in [3.63, 3.8) is 0 Å². The van der Waals surface area contributed by atoms with Crippen LogP contribution in [0.15, 0.2) is 52.3 Å². The van der Waals surface area contributed by atoms with Crippen LogP contribution in [0.5, 0.6) is 0 Å². The van der Waals surface area contributed by atoms with Crippen LogP contribution in [-0.2, 0) is 6.42 Å². The van der Waals surface area contributed by atoms with Gasteiger partial charge in [-0.3, -0.25) is 4.79 Å². The van der Waals surface area contributed by atoms with E-state index in [0.717, 1.165) is 6.42 Å². The molecule has 0 aliphatic rings. The van der Waals surface area contributed by atoms with E-state index in [4.69, 9.17) is 0 Å². The van der Waals surface area contributed by atoms with Crippen LogP contribution in [0, 0.1) is 5.82 Å². The minimum Gasteiger partial charge on any atom is -0.352 e. The Morgan fingerprint density at radius 2 is 2.05 bits per heavy atom. The lowest BCUT2D eigenvalue weighted by Gasteiger charge is -2.07. The van der Waals surface area contributed by atoms with Gasteiger partial charge in [-0.05, 0) is 62.9 Å². The highest BCUT2D eigenvalue weighted by Crippen LogP contribution is 2.25. The molecule has 1 N–H and O–H groups in total. The third-order valence-electron chi connectivity index (χ3n) is 3.41. The Hall–Kier alpha value is -1.72. The SMILES string of the molecule is O=C(NCCc1csc2ccccc12)c1cc(F)ccc1Br.